The van der Waals surface area contributed by atoms with Crippen molar-refractivity contribution in [2.45, 2.75) is 12.5 Å². The molecule has 1 unspecified atom stereocenters. The van der Waals surface area contributed by atoms with Gasteiger partial charge in [0.05, 0.1) is 12.1 Å². The van der Waals surface area contributed by atoms with Gasteiger partial charge in [0.25, 0.3) is 5.91 Å². The van der Waals surface area contributed by atoms with Crippen LogP contribution >= 0.6 is 27.5 Å². The lowest BCUT2D eigenvalue weighted by atomic mass is 10.2. The highest BCUT2D eigenvalue weighted by molar-refractivity contribution is 9.10. The zero-order valence-corrected chi connectivity index (χ0v) is 13.9. The zero-order valence-electron chi connectivity index (χ0n) is 11.6. The molecule has 0 aromatic carbocycles. The standard InChI is InChI=1S/C15H13BrClN3O2/c16-11-5-10(6-19-7-11)15(21)20-4-2-12(9-20)22-14-1-3-18-8-13(14)17/h1,3,5-8,12H,2,4,9H2. The number of ether oxygens (including phenoxy) is 1. The number of likely N-dealkylation sites (tertiary alicyclic amines) is 1. The Bertz CT molecular complexity index is 698. The lowest BCUT2D eigenvalue weighted by Crippen LogP contribution is -2.31. The number of carbonyl (C=O) groups excluding carboxylic acids is 1. The van der Waals surface area contributed by atoms with E-state index in [0.29, 0.717) is 29.4 Å². The van der Waals surface area contributed by atoms with Gasteiger partial charge in [0, 0.05) is 48.3 Å². The summed E-state index contributed by atoms with van der Waals surface area (Å²) in [5.74, 6) is 0.556. The van der Waals surface area contributed by atoms with Crippen molar-refractivity contribution < 1.29 is 9.53 Å². The van der Waals surface area contributed by atoms with E-state index >= 15 is 0 Å². The average Bonchev–Trinajstić information content (AvgIpc) is 2.97. The quantitative estimate of drug-likeness (QED) is 0.818. The van der Waals surface area contributed by atoms with Crippen LogP contribution in [0.4, 0.5) is 0 Å². The molecule has 2 aromatic rings. The molecule has 0 spiro atoms. The molecule has 1 aliphatic rings. The van der Waals surface area contributed by atoms with Crippen LogP contribution < -0.4 is 4.74 Å². The van der Waals surface area contributed by atoms with Crippen LogP contribution in [0.25, 0.3) is 0 Å². The average molecular weight is 383 g/mol. The van der Waals surface area contributed by atoms with Crippen molar-refractivity contribution in [3.63, 3.8) is 0 Å². The molecule has 0 saturated carbocycles. The fourth-order valence-corrected chi connectivity index (χ4v) is 2.89. The molecule has 0 aliphatic carbocycles. The lowest BCUT2D eigenvalue weighted by molar-refractivity contribution is 0.0772. The van der Waals surface area contributed by atoms with Gasteiger partial charge in [-0.05, 0) is 22.0 Å². The number of nitrogens with zero attached hydrogens (tertiary/aromatic N) is 3. The Labute approximate surface area is 141 Å². The van der Waals surface area contributed by atoms with Gasteiger partial charge < -0.3 is 9.64 Å². The van der Waals surface area contributed by atoms with Gasteiger partial charge in [0.2, 0.25) is 0 Å². The molecular formula is C15H13BrClN3O2. The van der Waals surface area contributed by atoms with Crippen molar-refractivity contribution in [3.8, 4) is 5.75 Å². The Kier molecular flexibility index (Phi) is 4.59. The number of hydrogen-bond acceptors (Lipinski definition) is 4. The molecular weight excluding hydrogens is 370 g/mol. The molecule has 5 nitrogen and oxygen atoms in total. The first-order valence-electron chi connectivity index (χ1n) is 6.79. The molecule has 1 amide bonds. The maximum Gasteiger partial charge on any atom is 0.255 e. The molecule has 114 valence electrons. The van der Waals surface area contributed by atoms with Crippen molar-refractivity contribution in [1.29, 1.82) is 0 Å². The third-order valence-electron chi connectivity index (χ3n) is 3.41. The van der Waals surface area contributed by atoms with E-state index in [1.54, 1.807) is 41.8 Å². The number of hydrogen-bond donors (Lipinski definition) is 0. The minimum atomic E-state index is -0.0658. The molecule has 3 rings (SSSR count). The van der Waals surface area contributed by atoms with Gasteiger partial charge in [-0.3, -0.25) is 14.8 Å². The van der Waals surface area contributed by atoms with Crippen molar-refractivity contribution in [2.75, 3.05) is 13.1 Å². The van der Waals surface area contributed by atoms with E-state index in [0.717, 1.165) is 10.9 Å². The van der Waals surface area contributed by atoms with Crippen LogP contribution in [-0.2, 0) is 0 Å². The Morgan fingerprint density at radius 2 is 2.23 bits per heavy atom. The number of pyridine rings is 2. The molecule has 0 radical (unpaired) electrons. The summed E-state index contributed by atoms with van der Waals surface area (Å²) in [4.78, 5) is 22.2. The minimum Gasteiger partial charge on any atom is -0.487 e. The lowest BCUT2D eigenvalue weighted by Gasteiger charge is -2.17. The molecule has 1 aliphatic heterocycles. The number of halogens is 2. The summed E-state index contributed by atoms with van der Waals surface area (Å²) < 4.78 is 6.64. The second-order valence-electron chi connectivity index (χ2n) is 4.98. The van der Waals surface area contributed by atoms with Gasteiger partial charge in [0.15, 0.2) is 0 Å². The second-order valence-corrected chi connectivity index (χ2v) is 6.30. The highest BCUT2D eigenvalue weighted by Crippen LogP contribution is 2.26. The van der Waals surface area contributed by atoms with Gasteiger partial charge in [-0.15, -0.1) is 0 Å². The SMILES string of the molecule is O=C(c1cncc(Br)c1)N1CCC(Oc2ccncc2Cl)C1. The molecule has 22 heavy (non-hydrogen) atoms. The van der Waals surface area contributed by atoms with Gasteiger partial charge in [0.1, 0.15) is 16.9 Å². The van der Waals surface area contributed by atoms with Crippen LogP contribution in [0.15, 0.2) is 41.4 Å². The monoisotopic (exact) mass is 381 g/mol. The summed E-state index contributed by atoms with van der Waals surface area (Å²) in [6, 6.07) is 3.49. The summed E-state index contributed by atoms with van der Waals surface area (Å²) >= 11 is 9.36. The summed E-state index contributed by atoms with van der Waals surface area (Å²) in [5.41, 5.74) is 0.567. The van der Waals surface area contributed by atoms with Crippen LogP contribution in [0.2, 0.25) is 5.02 Å². The topological polar surface area (TPSA) is 55.3 Å². The predicted molar refractivity (Wildman–Crippen MR) is 86.1 cm³/mol. The fraction of sp³-hybridized carbons (Fsp3) is 0.267. The van der Waals surface area contributed by atoms with E-state index in [4.69, 9.17) is 16.3 Å². The van der Waals surface area contributed by atoms with Gasteiger partial charge in [-0.25, -0.2) is 0 Å². The Balaban J connectivity index is 1.65. The van der Waals surface area contributed by atoms with Crippen LogP contribution in [0.1, 0.15) is 16.8 Å². The number of aromatic nitrogens is 2. The van der Waals surface area contributed by atoms with Gasteiger partial charge >= 0.3 is 0 Å². The molecule has 0 N–H and O–H groups in total. The molecule has 3 heterocycles. The number of rotatable bonds is 3. The smallest absolute Gasteiger partial charge is 0.255 e. The Hall–Kier alpha value is -1.66. The van der Waals surface area contributed by atoms with E-state index < -0.39 is 0 Å². The molecule has 1 saturated heterocycles. The van der Waals surface area contributed by atoms with E-state index in [1.807, 2.05) is 0 Å². The fourth-order valence-electron chi connectivity index (χ4n) is 2.36. The first-order valence-corrected chi connectivity index (χ1v) is 7.96. The highest BCUT2D eigenvalue weighted by atomic mass is 79.9. The summed E-state index contributed by atoms with van der Waals surface area (Å²) in [5, 5.41) is 0.475. The van der Waals surface area contributed by atoms with Crippen molar-refractivity contribution in [2.24, 2.45) is 0 Å². The van der Waals surface area contributed by atoms with Crippen molar-refractivity contribution in [3.05, 3.63) is 52.0 Å². The highest BCUT2D eigenvalue weighted by Gasteiger charge is 2.28. The number of carbonyl (C=O) groups is 1. The summed E-state index contributed by atoms with van der Waals surface area (Å²) in [6.45, 7) is 1.18. The van der Waals surface area contributed by atoms with Crippen molar-refractivity contribution >= 4 is 33.4 Å². The number of amides is 1. The molecule has 7 heteroatoms. The first kappa shape index (κ1) is 15.2. The summed E-state index contributed by atoms with van der Waals surface area (Å²) in [7, 11) is 0. The third kappa shape index (κ3) is 3.39. The molecule has 0 bridgehead atoms. The van der Waals surface area contributed by atoms with Crippen LogP contribution in [-0.4, -0.2) is 40.0 Å². The Morgan fingerprint density at radius 1 is 1.36 bits per heavy atom. The zero-order chi connectivity index (χ0) is 15.5. The third-order valence-corrected chi connectivity index (χ3v) is 4.13. The maximum atomic E-state index is 12.4. The van der Waals surface area contributed by atoms with Crippen LogP contribution in [0.5, 0.6) is 5.75 Å². The van der Waals surface area contributed by atoms with E-state index in [2.05, 4.69) is 25.9 Å². The Morgan fingerprint density at radius 3 is 3.00 bits per heavy atom. The molecule has 2 aromatic heterocycles. The van der Waals surface area contributed by atoms with Crippen LogP contribution in [0.3, 0.4) is 0 Å². The molecule has 1 fully saturated rings. The van der Waals surface area contributed by atoms with E-state index in [-0.39, 0.29) is 12.0 Å². The maximum absolute atomic E-state index is 12.4. The summed E-state index contributed by atoms with van der Waals surface area (Å²) in [6.07, 6.45) is 7.10. The first-order chi connectivity index (χ1) is 10.6. The normalized spacial score (nSPS) is 17.5. The largest absolute Gasteiger partial charge is 0.487 e. The van der Waals surface area contributed by atoms with Crippen LogP contribution in [0, 0.1) is 0 Å². The second kappa shape index (κ2) is 6.62. The van der Waals surface area contributed by atoms with E-state index in [1.165, 1.54) is 0 Å². The molecule has 1 atom stereocenters. The van der Waals surface area contributed by atoms with Gasteiger partial charge in [-0.1, -0.05) is 11.6 Å². The predicted octanol–water partition coefficient (Wildman–Crippen LogP) is 3.19. The minimum absolute atomic E-state index is 0.0410. The van der Waals surface area contributed by atoms with E-state index in [9.17, 15) is 4.79 Å². The van der Waals surface area contributed by atoms with Crippen molar-refractivity contribution in [1.82, 2.24) is 14.9 Å². The van der Waals surface area contributed by atoms with Gasteiger partial charge in [-0.2, -0.15) is 0 Å².